The maximum absolute atomic E-state index is 12.0. The molecule has 1 aromatic heterocycles. The lowest BCUT2D eigenvalue weighted by atomic mass is 10.2. The predicted molar refractivity (Wildman–Crippen MR) is 77.7 cm³/mol. The van der Waals surface area contributed by atoms with Crippen molar-refractivity contribution in [1.82, 2.24) is 9.78 Å². The molecule has 0 fully saturated rings. The molecule has 1 heterocycles. The zero-order chi connectivity index (χ0) is 14.7. The highest BCUT2D eigenvalue weighted by molar-refractivity contribution is 6.33. The first-order chi connectivity index (χ1) is 9.52. The minimum absolute atomic E-state index is 0.0796. The Kier molecular flexibility index (Phi) is 4.42. The van der Waals surface area contributed by atoms with Crippen molar-refractivity contribution in [2.75, 3.05) is 5.32 Å². The number of hydrogen-bond acceptors (Lipinski definition) is 3. The normalized spacial score (nSPS) is 10.6. The van der Waals surface area contributed by atoms with Crippen LogP contribution in [-0.2, 0) is 17.9 Å². The summed E-state index contributed by atoms with van der Waals surface area (Å²) in [6.07, 6.45) is 0. The van der Waals surface area contributed by atoms with Crippen molar-refractivity contribution in [2.24, 2.45) is 0 Å². The molecule has 0 aliphatic heterocycles. The van der Waals surface area contributed by atoms with Gasteiger partial charge in [0.15, 0.2) is 0 Å². The summed E-state index contributed by atoms with van der Waals surface area (Å²) in [6, 6.07) is 7.05. The fourth-order valence-electron chi connectivity index (χ4n) is 2.01. The fourth-order valence-corrected chi connectivity index (χ4v) is 2.19. The predicted octanol–water partition coefficient (Wildman–Crippen LogP) is 2.28. The molecule has 0 atom stereocenters. The van der Waals surface area contributed by atoms with Crippen molar-refractivity contribution in [3.8, 4) is 0 Å². The van der Waals surface area contributed by atoms with Crippen LogP contribution in [0.1, 0.15) is 17.0 Å². The van der Waals surface area contributed by atoms with Gasteiger partial charge in [-0.3, -0.25) is 9.48 Å². The lowest BCUT2D eigenvalue weighted by Gasteiger charge is -2.08. The number of carbonyl (C=O) groups is 1. The number of anilines is 1. The van der Waals surface area contributed by atoms with E-state index in [0.717, 1.165) is 17.0 Å². The highest BCUT2D eigenvalue weighted by Crippen LogP contribution is 2.20. The summed E-state index contributed by atoms with van der Waals surface area (Å²) in [4.78, 5) is 12.0. The van der Waals surface area contributed by atoms with E-state index in [1.165, 1.54) is 0 Å². The number of hydrogen-bond donors (Lipinski definition) is 2. The molecule has 1 aromatic carbocycles. The van der Waals surface area contributed by atoms with Gasteiger partial charge in [0.2, 0.25) is 5.91 Å². The van der Waals surface area contributed by atoms with Crippen LogP contribution in [0.2, 0.25) is 5.02 Å². The van der Waals surface area contributed by atoms with Crippen molar-refractivity contribution in [3.05, 3.63) is 46.2 Å². The number of para-hydroxylation sites is 1. The number of nitrogens with zero attached hydrogens (tertiary/aromatic N) is 2. The van der Waals surface area contributed by atoms with E-state index in [2.05, 4.69) is 10.4 Å². The molecule has 0 radical (unpaired) electrons. The first-order valence-electron chi connectivity index (χ1n) is 6.21. The van der Waals surface area contributed by atoms with Crippen molar-refractivity contribution in [2.45, 2.75) is 27.0 Å². The standard InChI is InChI=1S/C14H16ClN3O2/c1-9-11(8-19)10(2)18(17-9)7-14(20)16-13-6-4-3-5-12(13)15/h3-6,19H,7-8H2,1-2H3,(H,16,20). The number of aliphatic hydroxyl groups excluding tert-OH is 1. The summed E-state index contributed by atoms with van der Waals surface area (Å²) >= 11 is 5.98. The van der Waals surface area contributed by atoms with Crippen molar-refractivity contribution >= 4 is 23.2 Å². The number of halogens is 1. The van der Waals surface area contributed by atoms with Crippen LogP contribution in [0.3, 0.4) is 0 Å². The van der Waals surface area contributed by atoms with E-state index in [1.807, 2.05) is 6.92 Å². The van der Waals surface area contributed by atoms with Gasteiger partial charge in [-0.2, -0.15) is 5.10 Å². The van der Waals surface area contributed by atoms with E-state index in [9.17, 15) is 9.90 Å². The van der Waals surface area contributed by atoms with E-state index >= 15 is 0 Å². The Morgan fingerprint density at radius 1 is 1.40 bits per heavy atom. The van der Waals surface area contributed by atoms with Gasteiger partial charge in [0.25, 0.3) is 0 Å². The molecular weight excluding hydrogens is 278 g/mol. The molecule has 0 aliphatic rings. The van der Waals surface area contributed by atoms with Gasteiger partial charge >= 0.3 is 0 Å². The SMILES string of the molecule is Cc1nn(CC(=O)Nc2ccccc2Cl)c(C)c1CO. The molecule has 6 heteroatoms. The summed E-state index contributed by atoms with van der Waals surface area (Å²) in [7, 11) is 0. The fraction of sp³-hybridized carbons (Fsp3) is 0.286. The Labute approximate surface area is 122 Å². The van der Waals surface area contributed by atoms with Gasteiger partial charge in [-0.25, -0.2) is 0 Å². The third-order valence-corrected chi connectivity index (χ3v) is 3.46. The van der Waals surface area contributed by atoms with Crippen LogP contribution in [0.15, 0.2) is 24.3 Å². The molecule has 1 amide bonds. The number of benzene rings is 1. The molecule has 0 bridgehead atoms. The molecule has 5 nitrogen and oxygen atoms in total. The van der Waals surface area contributed by atoms with Gasteiger partial charge in [0.05, 0.1) is 23.0 Å². The Morgan fingerprint density at radius 2 is 2.10 bits per heavy atom. The van der Waals surface area contributed by atoms with E-state index in [1.54, 1.807) is 35.9 Å². The summed E-state index contributed by atoms with van der Waals surface area (Å²) in [6.45, 7) is 3.64. The number of rotatable bonds is 4. The Balaban J connectivity index is 2.11. The molecular formula is C14H16ClN3O2. The van der Waals surface area contributed by atoms with E-state index in [4.69, 9.17) is 11.6 Å². The average molecular weight is 294 g/mol. The van der Waals surface area contributed by atoms with Gasteiger partial charge in [0.1, 0.15) is 6.54 Å². The van der Waals surface area contributed by atoms with Crippen LogP contribution in [0, 0.1) is 13.8 Å². The van der Waals surface area contributed by atoms with Crippen LogP contribution >= 0.6 is 11.6 Å². The highest BCUT2D eigenvalue weighted by Gasteiger charge is 2.13. The lowest BCUT2D eigenvalue weighted by molar-refractivity contribution is -0.116. The van der Waals surface area contributed by atoms with Crippen molar-refractivity contribution in [1.29, 1.82) is 0 Å². The van der Waals surface area contributed by atoms with Gasteiger partial charge in [-0.1, -0.05) is 23.7 Å². The number of aliphatic hydroxyl groups is 1. The van der Waals surface area contributed by atoms with Gasteiger partial charge in [-0.15, -0.1) is 0 Å². The van der Waals surface area contributed by atoms with Crippen molar-refractivity contribution < 1.29 is 9.90 Å². The smallest absolute Gasteiger partial charge is 0.246 e. The quantitative estimate of drug-likeness (QED) is 0.909. The zero-order valence-electron chi connectivity index (χ0n) is 11.4. The number of aryl methyl sites for hydroxylation is 1. The largest absolute Gasteiger partial charge is 0.392 e. The van der Waals surface area contributed by atoms with Gasteiger partial charge in [-0.05, 0) is 26.0 Å². The van der Waals surface area contributed by atoms with Crippen LogP contribution in [0.25, 0.3) is 0 Å². The second-order valence-electron chi connectivity index (χ2n) is 4.49. The second-order valence-corrected chi connectivity index (χ2v) is 4.90. The van der Waals surface area contributed by atoms with Crippen LogP contribution in [0.5, 0.6) is 0 Å². The molecule has 2 aromatic rings. The summed E-state index contributed by atoms with van der Waals surface area (Å²) < 4.78 is 1.58. The molecule has 2 rings (SSSR count). The molecule has 0 saturated heterocycles. The van der Waals surface area contributed by atoms with E-state index in [0.29, 0.717) is 10.7 Å². The maximum atomic E-state index is 12.0. The summed E-state index contributed by atoms with van der Waals surface area (Å²) in [5.74, 6) is -0.215. The molecule has 0 unspecified atom stereocenters. The molecule has 106 valence electrons. The monoisotopic (exact) mass is 293 g/mol. The average Bonchev–Trinajstić information content (AvgIpc) is 2.67. The molecule has 0 spiro atoms. The Bertz CT molecular complexity index is 637. The maximum Gasteiger partial charge on any atom is 0.246 e. The summed E-state index contributed by atoms with van der Waals surface area (Å²) in [5.41, 5.74) is 2.86. The lowest BCUT2D eigenvalue weighted by Crippen LogP contribution is -2.20. The number of amides is 1. The number of nitrogens with one attached hydrogen (secondary N) is 1. The minimum Gasteiger partial charge on any atom is -0.392 e. The first-order valence-corrected chi connectivity index (χ1v) is 6.59. The van der Waals surface area contributed by atoms with Crippen LogP contribution in [-0.4, -0.2) is 20.8 Å². The topological polar surface area (TPSA) is 67.2 Å². The van der Waals surface area contributed by atoms with E-state index in [-0.39, 0.29) is 19.1 Å². The third kappa shape index (κ3) is 3.00. The Morgan fingerprint density at radius 3 is 2.70 bits per heavy atom. The van der Waals surface area contributed by atoms with Crippen LogP contribution in [0.4, 0.5) is 5.69 Å². The third-order valence-electron chi connectivity index (χ3n) is 3.13. The molecule has 0 saturated carbocycles. The van der Waals surface area contributed by atoms with E-state index < -0.39 is 0 Å². The number of aromatic nitrogens is 2. The van der Waals surface area contributed by atoms with Gasteiger partial charge in [0, 0.05) is 11.3 Å². The molecule has 0 aliphatic carbocycles. The zero-order valence-corrected chi connectivity index (χ0v) is 12.1. The first kappa shape index (κ1) is 14.6. The van der Waals surface area contributed by atoms with Gasteiger partial charge < -0.3 is 10.4 Å². The second kappa shape index (κ2) is 6.07. The number of carbonyl (C=O) groups excluding carboxylic acids is 1. The summed E-state index contributed by atoms with van der Waals surface area (Å²) in [5, 5.41) is 16.7. The molecule has 2 N–H and O–H groups in total. The van der Waals surface area contributed by atoms with Crippen LogP contribution < -0.4 is 5.32 Å². The molecule has 20 heavy (non-hydrogen) atoms. The minimum atomic E-state index is -0.215. The van der Waals surface area contributed by atoms with Crippen molar-refractivity contribution in [3.63, 3.8) is 0 Å². The highest BCUT2D eigenvalue weighted by atomic mass is 35.5. The Hall–Kier alpha value is -1.85.